The molecule has 1 saturated carbocycles. The minimum absolute atomic E-state index is 0.0624. The van der Waals surface area contributed by atoms with Crippen LogP contribution in [0.3, 0.4) is 0 Å². The summed E-state index contributed by atoms with van der Waals surface area (Å²) in [6, 6.07) is 21.3. The summed E-state index contributed by atoms with van der Waals surface area (Å²) < 4.78 is 44.0. The van der Waals surface area contributed by atoms with Gasteiger partial charge in [-0.3, -0.25) is 9.78 Å². The number of nitrogens with zero attached hydrogens (tertiary/aromatic N) is 2. The molecule has 3 aromatic carbocycles. The molecule has 4 aromatic rings. The molecule has 1 heterocycles. The normalized spacial score (nSPS) is 16.7. The Morgan fingerprint density at radius 2 is 1.54 bits per heavy atom. The molecule has 1 amide bonds. The average Bonchev–Trinajstić information content (AvgIpc) is 3.74. The van der Waals surface area contributed by atoms with Crippen molar-refractivity contribution in [3.63, 3.8) is 0 Å². The molecular weight excluding hydrogens is 649 g/mol. The minimum Gasteiger partial charge on any atom is -0.326 e. The molecule has 0 spiro atoms. The van der Waals surface area contributed by atoms with Crippen LogP contribution in [0.25, 0.3) is 0 Å². The Bertz CT molecular complexity index is 1580. The molecule has 0 aliphatic heterocycles. The van der Waals surface area contributed by atoms with Crippen molar-refractivity contribution in [3.8, 4) is 0 Å². The Hall–Kier alpha value is -2.92. The van der Waals surface area contributed by atoms with Crippen LogP contribution in [0.4, 0.5) is 10.1 Å². The third kappa shape index (κ3) is 6.63. The molecule has 5 rings (SSSR count). The first-order valence-electron chi connectivity index (χ1n) is 12.2. The molecule has 0 bridgehead atoms. The maximum absolute atomic E-state index is 13.7. The number of nitrogens with one attached hydrogen (secondary N) is 1. The van der Waals surface area contributed by atoms with E-state index in [2.05, 4.69) is 42.2 Å². The fourth-order valence-corrected chi connectivity index (χ4v) is 6.51. The van der Waals surface area contributed by atoms with Crippen molar-refractivity contribution >= 4 is 53.5 Å². The van der Waals surface area contributed by atoms with Crippen LogP contribution in [0.2, 0.25) is 0 Å². The van der Waals surface area contributed by atoms with Crippen LogP contribution in [0.15, 0.2) is 105 Å². The highest BCUT2D eigenvalue weighted by Crippen LogP contribution is 2.47. The highest BCUT2D eigenvalue weighted by molar-refractivity contribution is 9.13. The predicted octanol–water partition coefficient (Wildman–Crippen LogP) is 6.88. The fourth-order valence-electron chi connectivity index (χ4n) is 4.42. The van der Waals surface area contributed by atoms with Gasteiger partial charge in [0.2, 0.25) is 15.9 Å². The van der Waals surface area contributed by atoms with Gasteiger partial charge in [-0.15, -0.1) is 0 Å². The van der Waals surface area contributed by atoms with Crippen LogP contribution < -0.4 is 5.32 Å². The van der Waals surface area contributed by atoms with Crippen LogP contribution in [0, 0.1) is 11.7 Å². The zero-order chi connectivity index (χ0) is 27.6. The number of hydrogen-bond acceptors (Lipinski definition) is 4. The van der Waals surface area contributed by atoms with Crippen molar-refractivity contribution < 1.29 is 17.6 Å². The summed E-state index contributed by atoms with van der Waals surface area (Å²) in [6.07, 6.45) is 4.21. The molecule has 39 heavy (non-hydrogen) atoms. The van der Waals surface area contributed by atoms with Crippen molar-refractivity contribution in [2.45, 2.75) is 30.3 Å². The largest absolute Gasteiger partial charge is 0.326 e. The molecule has 0 saturated heterocycles. The second kappa shape index (κ2) is 11.7. The van der Waals surface area contributed by atoms with Crippen LogP contribution in [-0.2, 0) is 27.9 Å². The molecular formula is C29H24Br2FN3O3S. The van der Waals surface area contributed by atoms with Gasteiger partial charge in [-0.2, -0.15) is 4.31 Å². The summed E-state index contributed by atoms with van der Waals surface area (Å²) in [4.78, 5) is 16.9. The van der Waals surface area contributed by atoms with E-state index in [1.54, 1.807) is 36.7 Å². The lowest BCUT2D eigenvalue weighted by Gasteiger charge is -2.23. The van der Waals surface area contributed by atoms with Crippen molar-refractivity contribution in [1.82, 2.24) is 9.29 Å². The van der Waals surface area contributed by atoms with E-state index in [9.17, 15) is 17.6 Å². The number of sulfonamides is 1. The summed E-state index contributed by atoms with van der Waals surface area (Å²) in [7, 11) is -3.93. The van der Waals surface area contributed by atoms with E-state index in [-0.39, 0.29) is 41.5 Å². The molecule has 1 aromatic heterocycles. The van der Waals surface area contributed by atoms with E-state index >= 15 is 0 Å². The third-order valence-corrected chi connectivity index (χ3v) is 10.3. The van der Waals surface area contributed by atoms with Gasteiger partial charge in [0.25, 0.3) is 0 Å². The monoisotopic (exact) mass is 671 g/mol. The van der Waals surface area contributed by atoms with Gasteiger partial charge in [0.1, 0.15) is 5.82 Å². The van der Waals surface area contributed by atoms with Crippen LogP contribution in [0.5, 0.6) is 0 Å². The molecule has 1 N–H and O–H groups in total. The number of carbonyl (C=O) groups is 1. The van der Waals surface area contributed by atoms with E-state index < -0.39 is 10.0 Å². The van der Waals surface area contributed by atoms with E-state index in [4.69, 9.17) is 0 Å². The van der Waals surface area contributed by atoms with Crippen LogP contribution in [-0.4, -0.2) is 23.6 Å². The third-order valence-electron chi connectivity index (χ3n) is 6.64. The Morgan fingerprint density at radius 1 is 0.897 bits per heavy atom. The van der Waals surface area contributed by atoms with E-state index in [0.29, 0.717) is 11.3 Å². The number of hydrogen-bond donors (Lipinski definition) is 1. The molecule has 2 atom stereocenters. The lowest BCUT2D eigenvalue weighted by Crippen LogP contribution is -2.30. The maximum Gasteiger partial charge on any atom is 0.243 e. The molecule has 6 nitrogen and oxygen atoms in total. The highest BCUT2D eigenvalue weighted by atomic mass is 79.9. The van der Waals surface area contributed by atoms with Crippen LogP contribution in [0.1, 0.15) is 29.0 Å². The zero-order valence-corrected chi connectivity index (χ0v) is 24.6. The number of amides is 1. The van der Waals surface area contributed by atoms with Gasteiger partial charge < -0.3 is 5.32 Å². The molecule has 1 aliphatic carbocycles. The Kier molecular flexibility index (Phi) is 8.27. The molecule has 200 valence electrons. The number of rotatable bonds is 9. The van der Waals surface area contributed by atoms with Gasteiger partial charge in [0, 0.05) is 46.0 Å². The van der Waals surface area contributed by atoms with E-state index in [1.165, 1.54) is 28.6 Å². The Labute approximate surface area is 243 Å². The second-order valence-corrected chi connectivity index (χ2v) is 13.0. The molecule has 2 unspecified atom stereocenters. The Morgan fingerprint density at radius 3 is 2.21 bits per heavy atom. The first-order chi connectivity index (χ1) is 18.7. The molecule has 1 aliphatic rings. The quantitative estimate of drug-likeness (QED) is 0.210. The highest BCUT2D eigenvalue weighted by Gasteiger charge is 2.43. The summed E-state index contributed by atoms with van der Waals surface area (Å²) in [5, 5.41) is 2.90. The SMILES string of the molecule is O=C(Nc1ccc(S(=O)(=O)N(Cc2ccc(F)cc2)Cc2ccc(Br)c(Br)c2)cc1)C1CC1c1ccncc1. The average molecular weight is 673 g/mol. The second-order valence-electron chi connectivity index (χ2n) is 9.39. The molecule has 10 heteroatoms. The number of benzene rings is 3. The van der Waals surface area contributed by atoms with Crippen molar-refractivity contribution in [2.75, 3.05) is 5.32 Å². The van der Waals surface area contributed by atoms with Gasteiger partial charge in [-0.05, 0) is 122 Å². The summed E-state index contributed by atoms with van der Waals surface area (Å²) in [5.74, 6) is -0.425. The first kappa shape index (κ1) is 27.6. The zero-order valence-electron chi connectivity index (χ0n) is 20.6. The minimum atomic E-state index is -3.93. The summed E-state index contributed by atoms with van der Waals surface area (Å²) >= 11 is 6.91. The summed E-state index contributed by atoms with van der Waals surface area (Å²) in [6.45, 7) is 0.176. The first-order valence-corrected chi connectivity index (χ1v) is 15.2. The number of pyridine rings is 1. The van der Waals surface area contributed by atoms with Crippen molar-refractivity contribution in [3.05, 3.63) is 123 Å². The van der Waals surface area contributed by atoms with Crippen molar-refractivity contribution in [1.29, 1.82) is 0 Å². The van der Waals surface area contributed by atoms with E-state index in [0.717, 1.165) is 26.5 Å². The van der Waals surface area contributed by atoms with Gasteiger partial charge >= 0.3 is 0 Å². The lowest BCUT2D eigenvalue weighted by molar-refractivity contribution is -0.117. The van der Waals surface area contributed by atoms with Crippen molar-refractivity contribution in [2.24, 2.45) is 5.92 Å². The predicted molar refractivity (Wildman–Crippen MR) is 155 cm³/mol. The fraction of sp³-hybridized carbons (Fsp3) is 0.172. The van der Waals surface area contributed by atoms with Gasteiger partial charge in [0.15, 0.2) is 0 Å². The smallest absolute Gasteiger partial charge is 0.243 e. The Balaban J connectivity index is 1.33. The maximum atomic E-state index is 13.7. The topological polar surface area (TPSA) is 79.4 Å². The van der Waals surface area contributed by atoms with E-state index in [1.807, 2.05) is 30.3 Å². The number of anilines is 1. The number of halogens is 3. The lowest BCUT2D eigenvalue weighted by atomic mass is 10.1. The summed E-state index contributed by atoms with van der Waals surface area (Å²) in [5.41, 5.74) is 3.06. The molecule has 1 fully saturated rings. The van der Waals surface area contributed by atoms with Crippen LogP contribution >= 0.6 is 31.9 Å². The number of carbonyl (C=O) groups excluding carboxylic acids is 1. The van der Waals surface area contributed by atoms with Gasteiger partial charge in [-0.25, -0.2) is 12.8 Å². The van der Waals surface area contributed by atoms with Gasteiger partial charge in [0.05, 0.1) is 4.90 Å². The molecule has 0 radical (unpaired) electrons. The standard InChI is InChI=1S/C29H24Br2FN3O3S/c30-27-10-3-20(15-28(27)31)18-35(17-19-1-4-22(32)5-2-19)39(37,38)24-8-6-23(7-9-24)34-29(36)26-16-25(26)21-11-13-33-14-12-21/h1-15,25-26H,16-18H2,(H,34,36). The number of aromatic nitrogens is 1. The van der Waals surface area contributed by atoms with Gasteiger partial charge in [-0.1, -0.05) is 18.2 Å².